The van der Waals surface area contributed by atoms with E-state index in [-0.39, 0.29) is 4.90 Å². The van der Waals surface area contributed by atoms with Crippen molar-refractivity contribution in [1.82, 2.24) is 0 Å². The summed E-state index contributed by atoms with van der Waals surface area (Å²) in [6, 6.07) is 22.5. The smallest absolute Gasteiger partial charge is 0.271 e. The summed E-state index contributed by atoms with van der Waals surface area (Å²) in [5, 5.41) is 0. The minimum absolute atomic E-state index is 0.0605. The molecule has 0 saturated carbocycles. The highest BCUT2D eigenvalue weighted by Gasteiger charge is 2.29. The van der Waals surface area contributed by atoms with Crippen molar-refractivity contribution < 1.29 is 17.9 Å². The van der Waals surface area contributed by atoms with Crippen LogP contribution >= 0.6 is 0 Å². The Hall–Kier alpha value is -3.38. The number of nitrogens with zero attached hydrogens (tertiary/aromatic N) is 1. The Morgan fingerprint density at radius 3 is 2.14 bits per heavy atom. The zero-order valence-electron chi connectivity index (χ0n) is 20.4. The minimum Gasteiger partial charge on any atom is -0.494 e. The Morgan fingerprint density at radius 1 is 0.857 bits per heavy atom. The first-order valence-corrected chi connectivity index (χ1v) is 13.5. The Labute approximate surface area is 209 Å². The molecule has 0 heterocycles. The van der Waals surface area contributed by atoms with Crippen LogP contribution in [0.5, 0.6) is 5.75 Å². The molecule has 35 heavy (non-hydrogen) atoms. The predicted octanol–water partition coefficient (Wildman–Crippen LogP) is 6.64. The molecule has 0 spiro atoms. The number of anilines is 1. The average molecular weight is 492 g/mol. The largest absolute Gasteiger partial charge is 0.494 e. The third-order valence-electron chi connectivity index (χ3n) is 5.54. The molecule has 1 amide bonds. The van der Waals surface area contributed by atoms with Crippen molar-refractivity contribution >= 4 is 27.7 Å². The van der Waals surface area contributed by atoms with Crippen molar-refractivity contribution in [3.05, 3.63) is 96.1 Å². The molecule has 0 saturated heterocycles. The highest BCUT2D eigenvalue weighted by molar-refractivity contribution is 7.93. The van der Waals surface area contributed by atoms with E-state index in [9.17, 15) is 13.2 Å². The molecular formula is C29H33NO4S. The zero-order chi connectivity index (χ0) is 25.1. The monoisotopic (exact) mass is 491 g/mol. The Morgan fingerprint density at radius 2 is 1.51 bits per heavy atom. The van der Waals surface area contributed by atoms with Crippen LogP contribution in [0.25, 0.3) is 6.08 Å². The van der Waals surface area contributed by atoms with Crippen molar-refractivity contribution in [2.75, 3.05) is 10.9 Å². The number of carbonyl (C=O) groups excluding carboxylic acids is 1. The van der Waals surface area contributed by atoms with Gasteiger partial charge in [-0.25, -0.2) is 8.42 Å². The van der Waals surface area contributed by atoms with E-state index in [1.165, 1.54) is 18.2 Å². The van der Waals surface area contributed by atoms with Crippen LogP contribution < -0.4 is 9.04 Å². The summed E-state index contributed by atoms with van der Waals surface area (Å²) in [7, 11) is -4.09. The van der Waals surface area contributed by atoms with Gasteiger partial charge in [0.25, 0.3) is 15.9 Å². The van der Waals surface area contributed by atoms with Crippen LogP contribution in [0.15, 0.2) is 89.8 Å². The molecule has 184 valence electrons. The molecule has 3 aromatic carbocycles. The van der Waals surface area contributed by atoms with E-state index < -0.39 is 15.9 Å². The first kappa shape index (κ1) is 26.2. The van der Waals surface area contributed by atoms with Crippen molar-refractivity contribution in [2.24, 2.45) is 0 Å². The fourth-order valence-electron chi connectivity index (χ4n) is 3.51. The molecule has 0 N–H and O–H groups in total. The van der Waals surface area contributed by atoms with E-state index in [1.54, 1.807) is 36.4 Å². The molecule has 3 aromatic rings. The lowest BCUT2D eigenvalue weighted by Crippen LogP contribution is -2.35. The van der Waals surface area contributed by atoms with Crippen LogP contribution in [0, 0.1) is 0 Å². The second kappa shape index (κ2) is 12.9. The molecule has 0 aliphatic carbocycles. The second-order valence-electron chi connectivity index (χ2n) is 8.30. The van der Waals surface area contributed by atoms with Gasteiger partial charge >= 0.3 is 0 Å². The van der Waals surface area contributed by atoms with Gasteiger partial charge in [0, 0.05) is 6.08 Å². The van der Waals surface area contributed by atoms with Gasteiger partial charge in [-0.15, -0.1) is 0 Å². The quantitative estimate of drug-likeness (QED) is 0.210. The highest BCUT2D eigenvalue weighted by Crippen LogP contribution is 2.25. The number of aryl methyl sites for hydroxylation is 1. The molecule has 3 rings (SSSR count). The maximum absolute atomic E-state index is 13.5. The number of ether oxygens (including phenoxy) is 1. The Balaban J connectivity index is 1.86. The number of hydrogen-bond donors (Lipinski definition) is 0. The normalized spacial score (nSPS) is 11.5. The van der Waals surface area contributed by atoms with Gasteiger partial charge < -0.3 is 4.74 Å². The fraction of sp³-hybridized carbons (Fsp3) is 0.276. The molecule has 0 fully saturated rings. The molecule has 5 nitrogen and oxygen atoms in total. The van der Waals surface area contributed by atoms with Gasteiger partial charge in [-0.1, -0.05) is 69.2 Å². The van der Waals surface area contributed by atoms with Crippen LogP contribution in [-0.2, 0) is 21.2 Å². The summed E-state index contributed by atoms with van der Waals surface area (Å²) in [4.78, 5) is 13.3. The molecule has 0 aromatic heterocycles. The molecule has 0 aliphatic heterocycles. The fourth-order valence-corrected chi connectivity index (χ4v) is 4.91. The lowest BCUT2D eigenvalue weighted by atomic mass is 10.1. The molecule has 0 unspecified atom stereocenters. The summed E-state index contributed by atoms with van der Waals surface area (Å²) in [5.74, 6) is 0.122. The van der Waals surface area contributed by atoms with E-state index in [1.807, 2.05) is 36.4 Å². The van der Waals surface area contributed by atoms with E-state index >= 15 is 0 Å². The first-order valence-electron chi connectivity index (χ1n) is 12.1. The lowest BCUT2D eigenvalue weighted by Gasteiger charge is -2.21. The summed E-state index contributed by atoms with van der Waals surface area (Å²) >= 11 is 0. The molecule has 0 radical (unpaired) electrons. The van der Waals surface area contributed by atoms with Crippen LogP contribution in [0.3, 0.4) is 0 Å². The second-order valence-corrected chi connectivity index (χ2v) is 10.1. The van der Waals surface area contributed by atoms with E-state index in [2.05, 4.69) is 13.8 Å². The summed E-state index contributed by atoms with van der Waals surface area (Å²) < 4.78 is 33.5. The standard InChI is InChI=1S/C29H33NO4S/c1-3-5-10-24-13-18-26(19-14-24)30(35(32,33)28-11-8-7-9-12-28)29(31)22-17-25-15-20-27(21-16-25)34-23-6-4-2/h7-9,11-22H,3-6,10,23H2,1-2H3/b22-17+. The molecular weight excluding hydrogens is 458 g/mol. The zero-order valence-corrected chi connectivity index (χ0v) is 21.2. The SMILES string of the molecule is CCCCOc1ccc(/C=C/C(=O)N(c2ccc(CCCC)cc2)S(=O)(=O)c2ccccc2)cc1. The summed E-state index contributed by atoms with van der Waals surface area (Å²) in [5.41, 5.74) is 2.19. The summed E-state index contributed by atoms with van der Waals surface area (Å²) in [6.07, 6.45) is 7.99. The van der Waals surface area contributed by atoms with Crippen LogP contribution in [0.2, 0.25) is 0 Å². The van der Waals surface area contributed by atoms with Crippen molar-refractivity contribution in [3.8, 4) is 5.75 Å². The topological polar surface area (TPSA) is 63.7 Å². The first-order chi connectivity index (χ1) is 17.0. The number of sulfonamides is 1. The van der Waals surface area contributed by atoms with Crippen molar-refractivity contribution in [1.29, 1.82) is 0 Å². The number of hydrogen-bond acceptors (Lipinski definition) is 4. The maximum Gasteiger partial charge on any atom is 0.271 e. The van der Waals surface area contributed by atoms with Crippen molar-refractivity contribution in [3.63, 3.8) is 0 Å². The predicted molar refractivity (Wildman–Crippen MR) is 142 cm³/mol. The van der Waals surface area contributed by atoms with Gasteiger partial charge in [0.1, 0.15) is 5.75 Å². The van der Waals surface area contributed by atoms with Crippen LogP contribution in [0.4, 0.5) is 5.69 Å². The van der Waals surface area contributed by atoms with Gasteiger partial charge in [0.05, 0.1) is 17.2 Å². The summed E-state index contributed by atoms with van der Waals surface area (Å²) in [6.45, 7) is 4.89. The molecule has 0 atom stereocenters. The number of benzene rings is 3. The third kappa shape index (κ3) is 7.30. The Kier molecular flexibility index (Phi) is 9.67. The minimum atomic E-state index is -4.09. The molecule has 0 aliphatic rings. The van der Waals surface area contributed by atoms with Gasteiger partial charge in [0.2, 0.25) is 0 Å². The molecule has 6 heteroatoms. The molecule has 0 bridgehead atoms. The number of rotatable bonds is 12. The third-order valence-corrected chi connectivity index (χ3v) is 7.28. The number of unbranched alkanes of at least 4 members (excludes halogenated alkanes) is 2. The maximum atomic E-state index is 13.5. The number of amides is 1. The number of carbonyl (C=O) groups is 1. The van der Waals surface area contributed by atoms with E-state index in [0.29, 0.717) is 12.3 Å². The van der Waals surface area contributed by atoms with E-state index in [0.717, 1.165) is 53.3 Å². The lowest BCUT2D eigenvalue weighted by molar-refractivity contribution is -0.113. The van der Waals surface area contributed by atoms with Gasteiger partial charge in [-0.05, 0) is 72.9 Å². The average Bonchev–Trinajstić information content (AvgIpc) is 2.88. The highest BCUT2D eigenvalue weighted by atomic mass is 32.2. The van der Waals surface area contributed by atoms with Gasteiger partial charge in [-0.2, -0.15) is 4.31 Å². The van der Waals surface area contributed by atoms with Crippen molar-refractivity contribution in [2.45, 2.75) is 50.8 Å². The van der Waals surface area contributed by atoms with E-state index in [4.69, 9.17) is 4.74 Å². The van der Waals surface area contributed by atoms with Crippen LogP contribution in [-0.4, -0.2) is 20.9 Å². The van der Waals surface area contributed by atoms with Gasteiger partial charge in [-0.3, -0.25) is 4.79 Å². The van der Waals surface area contributed by atoms with Crippen LogP contribution in [0.1, 0.15) is 50.7 Å². The van der Waals surface area contributed by atoms with Gasteiger partial charge in [0.15, 0.2) is 0 Å². The Bertz CT molecular complexity index is 1200.